The number of benzene rings is 2. The second-order valence-electron chi connectivity index (χ2n) is 14.5. The van der Waals surface area contributed by atoms with E-state index in [1.54, 1.807) is 13.0 Å². The van der Waals surface area contributed by atoms with Crippen LogP contribution in [0.25, 0.3) is 5.78 Å². The van der Waals surface area contributed by atoms with Crippen molar-refractivity contribution in [1.82, 2.24) is 45.6 Å². The number of β-lactam (4-membered cyclic amide) rings is 1. The number of thioether (sulfide) groups is 2. The molecule has 1 saturated heterocycles. The molecule has 2 aliphatic heterocycles. The number of hydrazine groups is 1. The largest absolute Gasteiger partial charge is 0.504 e. The van der Waals surface area contributed by atoms with E-state index in [9.17, 15) is 57.9 Å². The maximum absolute atomic E-state index is 13.8. The van der Waals surface area contributed by atoms with Gasteiger partial charge in [-0.25, -0.2) is 23.2 Å². The van der Waals surface area contributed by atoms with Crippen LogP contribution in [-0.2, 0) is 39.6 Å². The molecule has 2 atom stereocenters. The number of phenolic OH excluding ortho intramolecular Hbond substituents is 4. The van der Waals surface area contributed by atoms with Crippen LogP contribution < -0.4 is 21.9 Å². The zero-order chi connectivity index (χ0) is 47.1. The van der Waals surface area contributed by atoms with Gasteiger partial charge in [0.25, 0.3) is 29.4 Å². The molecule has 0 aliphatic carbocycles. The fourth-order valence-electron chi connectivity index (χ4n) is 6.08. The van der Waals surface area contributed by atoms with E-state index in [4.69, 9.17) is 10.6 Å². The van der Waals surface area contributed by atoms with E-state index < -0.39 is 90.9 Å². The minimum atomic E-state index is -4.08. The van der Waals surface area contributed by atoms with Gasteiger partial charge < -0.3 is 41.4 Å². The first-order valence-electron chi connectivity index (χ1n) is 18.6. The summed E-state index contributed by atoms with van der Waals surface area (Å²) < 4.78 is 27.5. The predicted molar refractivity (Wildman–Crippen MR) is 230 cm³/mol. The molecule has 0 bridgehead atoms. The molecular formula is C37H35N11O13S4. The van der Waals surface area contributed by atoms with Gasteiger partial charge in [0.1, 0.15) is 33.6 Å². The number of phenols is 4. The van der Waals surface area contributed by atoms with Crippen molar-refractivity contribution in [2.75, 3.05) is 17.2 Å². The number of anilines is 1. The number of aromatic hydroxyl groups is 4. The first-order chi connectivity index (χ1) is 30.6. The summed E-state index contributed by atoms with van der Waals surface area (Å²) in [6.07, 6.45) is 0. The lowest BCUT2D eigenvalue weighted by atomic mass is 10.0. The number of aromatic nitrogens is 5. The van der Waals surface area contributed by atoms with Crippen molar-refractivity contribution in [2.24, 2.45) is 5.16 Å². The normalized spacial score (nSPS) is 16.4. The van der Waals surface area contributed by atoms with Crippen LogP contribution >= 0.6 is 34.9 Å². The smallest absolute Gasteiger partial charge is 0.352 e. The number of hydrogen-bond donors (Lipinski definition) is 9. The number of thiazole rings is 1. The van der Waals surface area contributed by atoms with Crippen LogP contribution in [0, 0.1) is 6.92 Å². The van der Waals surface area contributed by atoms with Gasteiger partial charge in [-0.05, 0) is 62.7 Å². The zero-order valence-corrected chi connectivity index (χ0v) is 37.0. The van der Waals surface area contributed by atoms with Gasteiger partial charge in [-0.1, -0.05) is 5.16 Å². The number of nitrogens with two attached hydrogens (primary N) is 1. The third-order valence-corrected chi connectivity index (χ3v) is 14.1. The second-order valence-corrected chi connectivity index (χ2v) is 19.5. The van der Waals surface area contributed by atoms with Crippen molar-refractivity contribution < 1.29 is 62.8 Å². The number of nitrogens with one attached hydrogen (secondary N) is 3. The van der Waals surface area contributed by atoms with Crippen molar-refractivity contribution in [3.8, 4) is 23.0 Å². The van der Waals surface area contributed by atoms with Gasteiger partial charge >= 0.3 is 5.97 Å². The fourth-order valence-corrected chi connectivity index (χ4v) is 10.4. The number of fused-ring (bicyclic) bond motifs is 2. The number of rotatable bonds is 14. The molecule has 3 aromatic heterocycles. The molecule has 0 saturated carbocycles. The van der Waals surface area contributed by atoms with Gasteiger partial charge in [0.2, 0.25) is 5.60 Å². The van der Waals surface area contributed by atoms with Gasteiger partial charge in [-0.15, -0.1) is 40.0 Å². The van der Waals surface area contributed by atoms with Crippen molar-refractivity contribution >= 4 is 90.9 Å². The summed E-state index contributed by atoms with van der Waals surface area (Å²) in [5.41, 5.74) is 8.09. The molecule has 2 aliphatic rings. The Morgan fingerprint density at radius 2 is 1.71 bits per heavy atom. The van der Waals surface area contributed by atoms with Crippen LogP contribution in [0.2, 0.25) is 0 Å². The van der Waals surface area contributed by atoms with Gasteiger partial charge in [0.15, 0.2) is 49.5 Å². The molecule has 0 spiro atoms. The number of aliphatic carboxylic acids is 1. The molecule has 5 aromatic rings. The van der Waals surface area contributed by atoms with Crippen LogP contribution in [0.5, 0.6) is 23.0 Å². The quantitative estimate of drug-likeness (QED) is 0.0185. The molecule has 24 nitrogen and oxygen atoms in total. The third-order valence-electron chi connectivity index (χ3n) is 9.43. The van der Waals surface area contributed by atoms with Gasteiger partial charge in [0, 0.05) is 34.2 Å². The molecule has 7 rings (SSSR count). The van der Waals surface area contributed by atoms with Crippen molar-refractivity contribution in [3.63, 3.8) is 0 Å². The molecular weight excluding hydrogens is 935 g/mol. The number of sulfone groups is 1. The number of aryl methyl sites for hydroxylation is 1. The average Bonchev–Trinajstić information content (AvgIpc) is 3.86. The molecule has 65 heavy (non-hydrogen) atoms. The Morgan fingerprint density at radius 1 is 1.00 bits per heavy atom. The van der Waals surface area contributed by atoms with E-state index in [0.29, 0.717) is 16.3 Å². The standard InChI is InChI=1S/C37H35N11O13S4/c1-15-8-25(48-36(39-15)41-24(45-48)14-65(59,60)18-5-7-21(50)23(52)10-18)62-11-17-12-63-32-27(31(55)47(32)28(17)33(56)57)42-30(54)26(19-13-64-35(38)40-19)46-61-37(2,3)34(58)44-43-29(53)16-4-6-20(49)22(51)9-16/h4-10,13,27,32,49-52H,11-12,14H2,1-3H3,(H2,38,40)(H,42,54)(H,43,53)(H,44,58)(H,56,57)/b46-26-/t27-,32-/m1/s1. The summed E-state index contributed by atoms with van der Waals surface area (Å²) in [6.45, 7) is 4.20. The lowest BCUT2D eigenvalue weighted by Gasteiger charge is -2.49. The number of nitrogens with zero attached hydrogens (tertiary/aromatic N) is 7. The highest BCUT2D eigenvalue weighted by Crippen LogP contribution is 2.42. The molecule has 0 unspecified atom stereocenters. The Kier molecular flexibility index (Phi) is 12.5. The summed E-state index contributed by atoms with van der Waals surface area (Å²) >= 11 is 3.27. The minimum Gasteiger partial charge on any atom is -0.504 e. The Bertz CT molecular complexity index is 2990. The zero-order valence-electron chi connectivity index (χ0n) is 33.7. The van der Waals surface area contributed by atoms with E-state index >= 15 is 0 Å². The fraction of sp³-hybridized carbons (Fsp3) is 0.243. The first-order valence-corrected chi connectivity index (χ1v) is 23.1. The van der Waals surface area contributed by atoms with Crippen LogP contribution in [0.3, 0.4) is 0 Å². The molecule has 0 radical (unpaired) electrons. The number of carbonyl (C=O) groups is 5. The summed E-state index contributed by atoms with van der Waals surface area (Å²) in [4.78, 5) is 84.5. The molecule has 4 amide bonds. The van der Waals surface area contributed by atoms with Crippen LogP contribution in [0.4, 0.5) is 5.13 Å². The molecule has 340 valence electrons. The number of oxime groups is 1. The lowest BCUT2D eigenvalue weighted by molar-refractivity contribution is -0.150. The number of nitrogen functional groups attached to an aromatic ring is 1. The van der Waals surface area contributed by atoms with Crippen molar-refractivity contribution in [1.29, 1.82) is 0 Å². The predicted octanol–water partition coefficient (Wildman–Crippen LogP) is 0.759. The number of carbonyl (C=O) groups excluding carboxylic acids is 4. The highest BCUT2D eigenvalue weighted by atomic mass is 32.2. The van der Waals surface area contributed by atoms with Gasteiger partial charge in [-0.2, -0.15) is 9.50 Å². The average molecular weight is 970 g/mol. The maximum atomic E-state index is 13.8. The van der Waals surface area contributed by atoms with E-state index in [1.165, 1.54) is 41.6 Å². The van der Waals surface area contributed by atoms with E-state index in [0.717, 1.165) is 58.3 Å². The highest BCUT2D eigenvalue weighted by Gasteiger charge is 2.54. The number of hydrogen-bond acceptors (Lipinski definition) is 21. The number of carboxylic acid groups (broad SMARTS) is 1. The van der Waals surface area contributed by atoms with Crippen LogP contribution in [-0.4, -0.2) is 127 Å². The molecule has 1 fully saturated rings. The summed E-state index contributed by atoms with van der Waals surface area (Å²) in [6, 6.07) is 6.70. The second kappa shape index (κ2) is 17.8. The Balaban J connectivity index is 1.03. The van der Waals surface area contributed by atoms with Gasteiger partial charge in [-0.3, -0.25) is 34.9 Å². The van der Waals surface area contributed by atoms with E-state index in [-0.39, 0.29) is 50.1 Å². The highest BCUT2D eigenvalue weighted by molar-refractivity contribution is 8.01. The maximum Gasteiger partial charge on any atom is 0.352 e. The minimum absolute atomic E-state index is 0.0355. The number of amides is 4. The van der Waals surface area contributed by atoms with Crippen LogP contribution in [0.15, 0.2) is 74.2 Å². The third kappa shape index (κ3) is 9.54. The Morgan fingerprint density at radius 3 is 2.37 bits per heavy atom. The molecule has 10 N–H and O–H groups in total. The topological polar surface area (TPSA) is 364 Å². The first kappa shape index (κ1) is 45.8. The Labute approximate surface area is 378 Å². The molecule has 2 aromatic carbocycles. The monoisotopic (exact) mass is 969 g/mol. The number of carboxylic acids is 1. The summed E-state index contributed by atoms with van der Waals surface area (Å²) in [7, 11) is -4.08. The van der Waals surface area contributed by atoms with Crippen molar-refractivity contribution in [3.05, 3.63) is 81.9 Å². The summed E-state index contributed by atoms with van der Waals surface area (Å²) in [5, 5.41) is 60.7. The lowest BCUT2D eigenvalue weighted by Crippen LogP contribution is -2.71. The molecule has 5 heterocycles. The molecule has 28 heteroatoms. The van der Waals surface area contributed by atoms with Crippen molar-refractivity contribution in [2.45, 2.75) is 53.5 Å². The van der Waals surface area contributed by atoms with Gasteiger partial charge in [0.05, 0.1) is 4.90 Å². The SMILES string of the molecule is Cc1cc(SCC2=C(C(=O)O)N3C(=O)[C@@H](NC(=O)/C(=N\OC(C)(C)C(=O)NNC(=O)c4ccc(O)c(O)c4)c4csc(N)n4)[C@H]3SC2)n2nc(CS(=O)(=O)c3ccc(O)c(O)c3)nc2n1. The summed E-state index contributed by atoms with van der Waals surface area (Å²) in [5.74, 6) is -7.65. The Hall–Kier alpha value is -7.17. The van der Waals surface area contributed by atoms with E-state index in [1.807, 2.05) is 0 Å². The van der Waals surface area contributed by atoms with E-state index in [2.05, 4.69) is 41.4 Å². The van der Waals surface area contributed by atoms with Crippen LogP contribution in [0.1, 0.15) is 41.4 Å².